The number of fused-ring (bicyclic) bond motifs is 2. The average molecular weight is 387 g/mol. The number of aromatic amines is 1. The lowest BCUT2D eigenvalue weighted by molar-refractivity contribution is 0.125. The number of aryl methyl sites for hydroxylation is 1. The van der Waals surface area contributed by atoms with E-state index < -0.39 is 0 Å². The Labute approximate surface area is 170 Å². The maximum atomic E-state index is 9.19. The zero-order valence-electron chi connectivity index (χ0n) is 16.9. The molecule has 0 saturated carbocycles. The Morgan fingerprint density at radius 1 is 1.17 bits per heavy atom. The molecule has 2 saturated heterocycles. The van der Waals surface area contributed by atoms with Gasteiger partial charge in [-0.15, -0.1) is 0 Å². The zero-order chi connectivity index (χ0) is 20.0. The number of piperidine rings is 2. The van der Waals surface area contributed by atoms with Crippen molar-refractivity contribution in [3.8, 4) is 6.07 Å². The molecule has 148 valence electrons. The molecule has 3 aromatic rings. The third-order valence-electron chi connectivity index (χ3n) is 6.76. The van der Waals surface area contributed by atoms with E-state index in [9.17, 15) is 5.26 Å². The molecule has 7 heteroatoms. The van der Waals surface area contributed by atoms with Gasteiger partial charge in [-0.2, -0.15) is 5.26 Å². The number of rotatable bonds is 2. The van der Waals surface area contributed by atoms with Crippen molar-refractivity contribution in [1.29, 1.82) is 5.26 Å². The molecular weight excluding hydrogens is 362 g/mol. The van der Waals surface area contributed by atoms with E-state index in [1.165, 1.54) is 12.8 Å². The van der Waals surface area contributed by atoms with E-state index in [2.05, 4.69) is 54.9 Å². The Kier molecular flexibility index (Phi) is 4.16. The minimum Gasteiger partial charge on any atom is -0.356 e. The summed E-state index contributed by atoms with van der Waals surface area (Å²) in [6, 6.07) is 6.33. The standard InChI is InChI=1S/C22H25N7/c1-15-9-19(25-11-16(15)10-23)28-7-4-17-5-8-29(13-22(17,2)12-28)21-18-3-6-24-20(18)26-14-27-21/h3,6,9,11,14,17H,4-5,7-8,12-13H2,1-2H3,(H,24,26,27)/t17-,22+/m0/s1. The molecular formula is C22H25N7. The van der Waals surface area contributed by atoms with Gasteiger partial charge in [0, 0.05) is 44.0 Å². The number of pyridine rings is 1. The van der Waals surface area contributed by atoms with Crippen LogP contribution in [0.4, 0.5) is 11.6 Å². The van der Waals surface area contributed by atoms with Crippen molar-refractivity contribution < 1.29 is 0 Å². The van der Waals surface area contributed by atoms with E-state index in [-0.39, 0.29) is 5.41 Å². The molecule has 2 fully saturated rings. The molecule has 0 amide bonds. The summed E-state index contributed by atoms with van der Waals surface area (Å²) in [6.07, 6.45) is 7.64. The van der Waals surface area contributed by atoms with Crippen LogP contribution in [-0.4, -0.2) is 46.1 Å². The van der Waals surface area contributed by atoms with Crippen LogP contribution in [0.1, 0.15) is 30.9 Å². The molecule has 5 rings (SSSR count). The monoisotopic (exact) mass is 387 g/mol. The number of aromatic nitrogens is 4. The topological polar surface area (TPSA) is 84.7 Å². The smallest absolute Gasteiger partial charge is 0.142 e. The Morgan fingerprint density at radius 3 is 2.76 bits per heavy atom. The van der Waals surface area contributed by atoms with Crippen molar-refractivity contribution in [3.05, 3.63) is 42.0 Å². The second kappa shape index (κ2) is 6.73. The van der Waals surface area contributed by atoms with Crippen LogP contribution in [0.25, 0.3) is 11.0 Å². The second-order valence-electron chi connectivity index (χ2n) is 8.68. The van der Waals surface area contributed by atoms with Gasteiger partial charge in [-0.1, -0.05) is 6.92 Å². The quantitative estimate of drug-likeness (QED) is 0.726. The predicted molar refractivity (Wildman–Crippen MR) is 113 cm³/mol. The molecule has 5 heterocycles. The SMILES string of the molecule is Cc1cc(N2CC[C@H]3CCN(c4ncnc5[nH]ccc45)C[C@@]3(C)C2)ncc1C#N. The molecule has 2 atom stereocenters. The molecule has 1 N–H and O–H groups in total. The fourth-order valence-corrected chi connectivity index (χ4v) is 5.12. The molecule has 0 spiro atoms. The minimum absolute atomic E-state index is 0.160. The maximum absolute atomic E-state index is 9.19. The first-order valence-electron chi connectivity index (χ1n) is 10.2. The highest BCUT2D eigenvalue weighted by Crippen LogP contribution is 2.43. The number of hydrogen-bond acceptors (Lipinski definition) is 6. The number of nitrogens with zero attached hydrogens (tertiary/aromatic N) is 6. The molecule has 0 aliphatic carbocycles. The average Bonchev–Trinajstić information content (AvgIpc) is 3.21. The van der Waals surface area contributed by atoms with Gasteiger partial charge in [0.05, 0.1) is 10.9 Å². The lowest BCUT2D eigenvalue weighted by Gasteiger charge is -2.52. The predicted octanol–water partition coefficient (Wildman–Crippen LogP) is 3.28. The van der Waals surface area contributed by atoms with Crippen molar-refractivity contribution in [2.75, 3.05) is 36.0 Å². The van der Waals surface area contributed by atoms with Gasteiger partial charge in [-0.3, -0.25) is 0 Å². The van der Waals surface area contributed by atoms with E-state index in [1.807, 2.05) is 13.1 Å². The summed E-state index contributed by atoms with van der Waals surface area (Å²) >= 11 is 0. The summed E-state index contributed by atoms with van der Waals surface area (Å²) in [5, 5.41) is 10.3. The van der Waals surface area contributed by atoms with Crippen LogP contribution in [0.2, 0.25) is 0 Å². The number of anilines is 2. The van der Waals surface area contributed by atoms with Crippen molar-refractivity contribution in [2.24, 2.45) is 11.3 Å². The number of nitrogens with one attached hydrogen (secondary N) is 1. The van der Waals surface area contributed by atoms with Gasteiger partial charge >= 0.3 is 0 Å². The largest absolute Gasteiger partial charge is 0.356 e. The summed E-state index contributed by atoms with van der Waals surface area (Å²) in [7, 11) is 0. The van der Waals surface area contributed by atoms with Gasteiger partial charge < -0.3 is 14.8 Å². The lowest BCUT2D eigenvalue weighted by Crippen LogP contribution is -2.57. The van der Waals surface area contributed by atoms with Crippen LogP contribution < -0.4 is 9.80 Å². The van der Waals surface area contributed by atoms with Crippen LogP contribution in [0, 0.1) is 29.6 Å². The fraction of sp³-hybridized carbons (Fsp3) is 0.455. The van der Waals surface area contributed by atoms with Crippen molar-refractivity contribution in [3.63, 3.8) is 0 Å². The summed E-state index contributed by atoms with van der Waals surface area (Å²) in [5.74, 6) is 2.71. The summed E-state index contributed by atoms with van der Waals surface area (Å²) in [4.78, 5) is 21.5. The normalized spacial score (nSPS) is 24.4. The van der Waals surface area contributed by atoms with E-state index >= 15 is 0 Å². The first-order chi connectivity index (χ1) is 14.1. The van der Waals surface area contributed by atoms with E-state index in [4.69, 9.17) is 0 Å². The van der Waals surface area contributed by atoms with Crippen LogP contribution in [-0.2, 0) is 0 Å². The van der Waals surface area contributed by atoms with Gasteiger partial charge in [0.2, 0.25) is 0 Å². The first-order valence-corrected chi connectivity index (χ1v) is 10.2. The number of H-pyrrole nitrogens is 1. The second-order valence-corrected chi connectivity index (χ2v) is 8.68. The summed E-state index contributed by atoms with van der Waals surface area (Å²) in [6.45, 7) is 8.38. The lowest BCUT2D eigenvalue weighted by atomic mass is 9.68. The Hall–Kier alpha value is -3.14. The molecule has 2 aliphatic rings. The molecule has 29 heavy (non-hydrogen) atoms. The maximum Gasteiger partial charge on any atom is 0.142 e. The van der Waals surface area contributed by atoms with Gasteiger partial charge in [-0.05, 0) is 43.4 Å². The van der Waals surface area contributed by atoms with Crippen molar-refractivity contribution in [1.82, 2.24) is 19.9 Å². The van der Waals surface area contributed by atoms with Crippen LogP contribution in [0.15, 0.2) is 30.9 Å². The van der Waals surface area contributed by atoms with Crippen LogP contribution in [0.5, 0.6) is 0 Å². The highest BCUT2D eigenvalue weighted by Gasteiger charge is 2.44. The Morgan fingerprint density at radius 2 is 1.97 bits per heavy atom. The van der Waals surface area contributed by atoms with E-state index in [1.54, 1.807) is 12.5 Å². The van der Waals surface area contributed by atoms with Gasteiger partial charge in [0.1, 0.15) is 29.7 Å². The van der Waals surface area contributed by atoms with Gasteiger partial charge in [0.15, 0.2) is 0 Å². The van der Waals surface area contributed by atoms with Crippen LogP contribution >= 0.6 is 0 Å². The fourth-order valence-electron chi connectivity index (χ4n) is 5.12. The molecule has 0 bridgehead atoms. The van der Waals surface area contributed by atoms with E-state index in [0.717, 1.165) is 54.4 Å². The van der Waals surface area contributed by atoms with E-state index in [0.29, 0.717) is 11.5 Å². The highest BCUT2D eigenvalue weighted by molar-refractivity contribution is 5.87. The minimum atomic E-state index is 0.160. The Balaban J connectivity index is 1.41. The summed E-state index contributed by atoms with van der Waals surface area (Å²) < 4.78 is 0. The Bertz CT molecular complexity index is 1100. The molecule has 0 unspecified atom stereocenters. The van der Waals surface area contributed by atoms with Gasteiger partial charge in [0.25, 0.3) is 0 Å². The van der Waals surface area contributed by atoms with Crippen molar-refractivity contribution >= 4 is 22.7 Å². The molecule has 3 aromatic heterocycles. The zero-order valence-corrected chi connectivity index (χ0v) is 16.9. The summed E-state index contributed by atoms with van der Waals surface area (Å²) in [5.41, 5.74) is 2.70. The molecule has 7 nitrogen and oxygen atoms in total. The molecule has 2 aliphatic heterocycles. The number of nitriles is 1. The molecule has 0 aromatic carbocycles. The molecule has 0 radical (unpaired) electrons. The first kappa shape index (κ1) is 17.9. The highest BCUT2D eigenvalue weighted by atomic mass is 15.2. The third kappa shape index (κ3) is 3.00. The van der Waals surface area contributed by atoms with Crippen LogP contribution in [0.3, 0.4) is 0 Å². The third-order valence-corrected chi connectivity index (χ3v) is 6.76. The van der Waals surface area contributed by atoms with Gasteiger partial charge in [-0.25, -0.2) is 15.0 Å². The van der Waals surface area contributed by atoms with Crippen molar-refractivity contribution in [2.45, 2.75) is 26.7 Å². The number of hydrogen-bond donors (Lipinski definition) is 1.